The Balaban J connectivity index is 3.34. The zero-order chi connectivity index (χ0) is 37.1. The molecule has 5 heteroatoms. The van der Waals surface area contributed by atoms with Crippen molar-refractivity contribution in [3.63, 3.8) is 0 Å². The monoisotopic (exact) mass is 723 g/mol. The summed E-state index contributed by atoms with van der Waals surface area (Å²) in [7, 11) is 0. The standard InChI is InChI=1S/C46H90O5/c1-3-5-7-9-11-13-15-17-19-21-23-25-27-29-31-33-35-37-39-41-46(49)51-43-44(47)42-50-45(48)40-38-36-34-32-30-28-26-24-22-20-18-16-14-12-10-8-6-4-2/h44,47H,3-43H2,1-2H3. The summed E-state index contributed by atoms with van der Waals surface area (Å²) < 4.78 is 10.4. The summed E-state index contributed by atoms with van der Waals surface area (Å²) in [5.41, 5.74) is 0. The minimum atomic E-state index is -0.955. The zero-order valence-electron chi connectivity index (χ0n) is 34.6. The van der Waals surface area contributed by atoms with Crippen LogP contribution in [0.5, 0.6) is 0 Å². The van der Waals surface area contributed by atoms with Gasteiger partial charge in [0.1, 0.15) is 19.3 Å². The second-order valence-corrected chi connectivity index (χ2v) is 15.9. The van der Waals surface area contributed by atoms with Crippen molar-refractivity contribution in [2.45, 2.75) is 270 Å². The van der Waals surface area contributed by atoms with E-state index >= 15 is 0 Å². The van der Waals surface area contributed by atoms with Gasteiger partial charge in [-0.3, -0.25) is 9.59 Å². The summed E-state index contributed by atoms with van der Waals surface area (Å²) in [6, 6.07) is 0. The van der Waals surface area contributed by atoms with E-state index < -0.39 is 6.10 Å². The lowest BCUT2D eigenvalue weighted by molar-refractivity contribution is -0.152. The number of esters is 2. The van der Waals surface area contributed by atoms with Crippen LogP contribution in [-0.4, -0.2) is 36.4 Å². The molecule has 1 unspecified atom stereocenters. The molecule has 0 radical (unpaired) electrons. The molecule has 1 N–H and O–H groups in total. The van der Waals surface area contributed by atoms with E-state index in [0.29, 0.717) is 12.8 Å². The number of carbonyl (C=O) groups is 2. The third kappa shape index (κ3) is 43.2. The van der Waals surface area contributed by atoms with Crippen molar-refractivity contribution in [3.8, 4) is 0 Å². The first-order valence-corrected chi connectivity index (χ1v) is 23.1. The van der Waals surface area contributed by atoms with E-state index in [1.165, 1.54) is 212 Å². The number of rotatable bonds is 43. The average molecular weight is 723 g/mol. The highest BCUT2D eigenvalue weighted by Gasteiger charge is 2.12. The molecule has 0 spiro atoms. The highest BCUT2D eigenvalue weighted by atomic mass is 16.6. The van der Waals surface area contributed by atoms with E-state index in [1.807, 2.05) is 0 Å². The highest BCUT2D eigenvalue weighted by molar-refractivity contribution is 5.69. The molecule has 5 nitrogen and oxygen atoms in total. The van der Waals surface area contributed by atoms with Gasteiger partial charge in [0.05, 0.1) is 0 Å². The minimum Gasteiger partial charge on any atom is -0.463 e. The highest BCUT2D eigenvalue weighted by Crippen LogP contribution is 2.17. The molecular weight excluding hydrogens is 633 g/mol. The van der Waals surface area contributed by atoms with E-state index in [9.17, 15) is 14.7 Å². The number of aliphatic hydroxyl groups excluding tert-OH is 1. The van der Waals surface area contributed by atoms with Crippen molar-refractivity contribution in [1.82, 2.24) is 0 Å². The number of ether oxygens (including phenoxy) is 2. The molecular formula is C46H90O5. The van der Waals surface area contributed by atoms with E-state index in [2.05, 4.69) is 13.8 Å². The number of carbonyl (C=O) groups excluding carboxylic acids is 2. The van der Waals surface area contributed by atoms with Gasteiger partial charge in [0.15, 0.2) is 0 Å². The first kappa shape index (κ1) is 49.9. The molecule has 0 aromatic carbocycles. The van der Waals surface area contributed by atoms with Crippen LogP contribution in [0.25, 0.3) is 0 Å². The van der Waals surface area contributed by atoms with Gasteiger partial charge >= 0.3 is 11.9 Å². The van der Waals surface area contributed by atoms with Crippen molar-refractivity contribution in [2.75, 3.05) is 13.2 Å². The maximum Gasteiger partial charge on any atom is 0.305 e. The fourth-order valence-corrected chi connectivity index (χ4v) is 7.09. The van der Waals surface area contributed by atoms with E-state index in [4.69, 9.17) is 9.47 Å². The van der Waals surface area contributed by atoms with Crippen LogP contribution in [-0.2, 0) is 19.1 Å². The Morgan fingerprint density at radius 1 is 0.333 bits per heavy atom. The molecule has 0 rings (SSSR count). The molecule has 51 heavy (non-hydrogen) atoms. The van der Waals surface area contributed by atoms with Crippen LogP contribution >= 0.6 is 0 Å². The number of unbranched alkanes of at least 4 members (excludes halogenated alkanes) is 35. The van der Waals surface area contributed by atoms with E-state index in [0.717, 1.165) is 25.7 Å². The van der Waals surface area contributed by atoms with Gasteiger partial charge in [-0.15, -0.1) is 0 Å². The van der Waals surface area contributed by atoms with Gasteiger partial charge < -0.3 is 14.6 Å². The number of aliphatic hydroxyl groups is 1. The summed E-state index contributed by atoms with van der Waals surface area (Å²) in [5, 5.41) is 10.1. The third-order valence-electron chi connectivity index (χ3n) is 10.6. The van der Waals surface area contributed by atoms with Gasteiger partial charge in [-0.1, -0.05) is 239 Å². The van der Waals surface area contributed by atoms with Crippen molar-refractivity contribution in [2.24, 2.45) is 0 Å². The second kappa shape index (κ2) is 43.3. The molecule has 304 valence electrons. The fraction of sp³-hybridized carbons (Fsp3) is 0.957. The molecule has 0 bridgehead atoms. The summed E-state index contributed by atoms with van der Waals surface area (Å²) in [4.78, 5) is 24.0. The quantitative estimate of drug-likeness (QED) is 0.0501. The maximum atomic E-state index is 12.0. The third-order valence-corrected chi connectivity index (χ3v) is 10.6. The first-order valence-electron chi connectivity index (χ1n) is 23.1. The van der Waals surface area contributed by atoms with Gasteiger partial charge in [0.25, 0.3) is 0 Å². The zero-order valence-corrected chi connectivity index (χ0v) is 34.6. The Hall–Kier alpha value is -1.10. The molecule has 0 fully saturated rings. The molecule has 0 aromatic rings. The van der Waals surface area contributed by atoms with Crippen LogP contribution in [0.15, 0.2) is 0 Å². The van der Waals surface area contributed by atoms with Crippen LogP contribution < -0.4 is 0 Å². The molecule has 0 saturated heterocycles. The average Bonchev–Trinajstić information content (AvgIpc) is 3.13. The predicted octanol–water partition coefficient (Wildman–Crippen LogP) is 14.7. The van der Waals surface area contributed by atoms with Gasteiger partial charge in [0.2, 0.25) is 0 Å². The van der Waals surface area contributed by atoms with E-state index in [1.54, 1.807) is 0 Å². The summed E-state index contributed by atoms with van der Waals surface area (Å²) >= 11 is 0. The van der Waals surface area contributed by atoms with Gasteiger partial charge in [0, 0.05) is 12.8 Å². The second-order valence-electron chi connectivity index (χ2n) is 15.9. The Labute approximate surface area is 319 Å². The van der Waals surface area contributed by atoms with Gasteiger partial charge in [-0.2, -0.15) is 0 Å². The molecule has 1 atom stereocenters. The normalized spacial score (nSPS) is 12.0. The van der Waals surface area contributed by atoms with E-state index in [-0.39, 0.29) is 25.2 Å². The van der Waals surface area contributed by atoms with Crippen molar-refractivity contribution >= 4 is 11.9 Å². The SMILES string of the molecule is CCCCCCCCCCCCCCCCCCCCCC(=O)OCC(O)COC(=O)CCCCCCCCCCCCCCCCCCCC. The largest absolute Gasteiger partial charge is 0.463 e. The predicted molar refractivity (Wildman–Crippen MR) is 219 cm³/mol. The summed E-state index contributed by atoms with van der Waals surface area (Å²) in [6.45, 7) is 4.35. The van der Waals surface area contributed by atoms with Gasteiger partial charge in [-0.05, 0) is 12.8 Å². The van der Waals surface area contributed by atoms with Gasteiger partial charge in [-0.25, -0.2) is 0 Å². The van der Waals surface area contributed by atoms with Crippen LogP contribution in [0.1, 0.15) is 264 Å². The van der Waals surface area contributed by atoms with Crippen LogP contribution in [0.3, 0.4) is 0 Å². The molecule has 0 amide bonds. The van der Waals surface area contributed by atoms with Crippen molar-refractivity contribution < 1.29 is 24.2 Å². The minimum absolute atomic E-state index is 0.107. The molecule has 0 heterocycles. The Morgan fingerprint density at radius 2 is 0.510 bits per heavy atom. The Bertz CT molecular complexity index is 695. The first-order chi connectivity index (χ1) is 25.1. The fourth-order valence-electron chi connectivity index (χ4n) is 7.09. The van der Waals surface area contributed by atoms with Crippen LogP contribution in [0, 0.1) is 0 Å². The lowest BCUT2D eigenvalue weighted by Gasteiger charge is -2.12. The number of hydrogen-bond donors (Lipinski definition) is 1. The van der Waals surface area contributed by atoms with Crippen LogP contribution in [0.4, 0.5) is 0 Å². The Kier molecular flexibility index (Phi) is 42.4. The van der Waals surface area contributed by atoms with Crippen molar-refractivity contribution in [1.29, 1.82) is 0 Å². The molecule has 0 saturated carbocycles. The maximum absolute atomic E-state index is 12.0. The molecule has 0 aliphatic rings. The molecule has 0 aromatic heterocycles. The lowest BCUT2D eigenvalue weighted by atomic mass is 10.0. The lowest BCUT2D eigenvalue weighted by Crippen LogP contribution is -2.25. The molecule has 0 aliphatic heterocycles. The summed E-state index contributed by atoms with van der Waals surface area (Å²) in [6.07, 6.45) is 48.9. The van der Waals surface area contributed by atoms with Crippen molar-refractivity contribution in [3.05, 3.63) is 0 Å². The number of hydrogen-bond acceptors (Lipinski definition) is 5. The summed E-state index contributed by atoms with van der Waals surface area (Å²) in [5.74, 6) is -0.544. The topological polar surface area (TPSA) is 72.8 Å². The smallest absolute Gasteiger partial charge is 0.305 e. The molecule has 0 aliphatic carbocycles. The Morgan fingerprint density at radius 3 is 0.706 bits per heavy atom. The van der Waals surface area contributed by atoms with Crippen LogP contribution in [0.2, 0.25) is 0 Å².